The smallest absolute Gasteiger partial charge is 0.310 e. The number of esters is 2. The minimum atomic E-state index is -0.523. The molecular weight excluding hydrogens is 356 g/mol. The Morgan fingerprint density at radius 3 is 1.54 bits per heavy atom. The summed E-state index contributed by atoms with van der Waals surface area (Å²) in [7, 11) is 0. The van der Waals surface area contributed by atoms with Gasteiger partial charge in [0.1, 0.15) is 13.2 Å². The molecule has 0 spiro atoms. The second-order valence-electron chi connectivity index (χ2n) is 6.65. The van der Waals surface area contributed by atoms with E-state index in [-0.39, 0.29) is 25.2 Å². The van der Waals surface area contributed by atoms with Gasteiger partial charge >= 0.3 is 11.9 Å². The predicted octanol–water partition coefficient (Wildman–Crippen LogP) is 4.10. The van der Waals surface area contributed by atoms with E-state index in [0.29, 0.717) is 24.2 Å². The minimum Gasteiger partial charge on any atom is -0.459 e. The zero-order valence-corrected chi connectivity index (χ0v) is 16.5. The Balaban J connectivity index is 2.02. The van der Waals surface area contributed by atoms with E-state index < -0.39 is 11.8 Å². The van der Waals surface area contributed by atoms with Crippen LogP contribution in [0.1, 0.15) is 50.9 Å². The molecule has 6 nitrogen and oxygen atoms in total. The Morgan fingerprint density at radius 2 is 1.21 bits per heavy atom. The molecule has 150 valence electrons. The van der Waals surface area contributed by atoms with Gasteiger partial charge in [-0.25, -0.2) is 0 Å². The van der Waals surface area contributed by atoms with Gasteiger partial charge in [0.15, 0.2) is 0 Å². The standard InChI is InChI=1S/C22H28N2O4/c1-3-9-19(21(25)27-15-17-11-5-7-13-23-17)20(10-4-2)22(26)28-16-18-12-6-8-14-24-18/h5-8,11-14,19-20H,3-4,9-10,15-16H2,1-2H3/t19-,20-/m1/s1. The molecule has 2 aromatic heterocycles. The van der Waals surface area contributed by atoms with Gasteiger partial charge in [-0.3, -0.25) is 19.6 Å². The van der Waals surface area contributed by atoms with Gasteiger partial charge in [0, 0.05) is 12.4 Å². The average Bonchev–Trinajstić information content (AvgIpc) is 2.74. The molecule has 0 aliphatic heterocycles. The van der Waals surface area contributed by atoms with Gasteiger partial charge in [-0.15, -0.1) is 0 Å². The maximum atomic E-state index is 12.7. The van der Waals surface area contributed by atoms with Crippen molar-refractivity contribution in [3.8, 4) is 0 Å². The van der Waals surface area contributed by atoms with Crippen molar-refractivity contribution in [2.45, 2.75) is 52.7 Å². The summed E-state index contributed by atoms with van der Waals surface area (Å²) >= 11 is 0. The summed E-state index contributed by atoms with van der Waals surface area (Å²) in [5, 5.41) is 0. The highest BCUT2D eigenvalue weighted by molar-refractivity contribution is 5.82. The van der Waals surface area contributed by atoms with Crippen LogP contribution in [0.15, 0.2) is 48.8 Å². The number of pyridine rings is 2. The molecule has 0 fully saturated rings. The highest BCUT2D eigenvalue weighted by Crippen LogP contribution is 2.26. The number of carbonyl (C=O) groups is 2. The molecule has 2 aromatic rings. The lowest BCUT2D eigenvalue weighted by atomic mass is 9.85. The Morgan fingerprint density at radius 1 is 0.786 bits per heavy atom. The molecule has 28 heavy (non-hydrogen) atoms. The summed E-state index contributed by atoms with van der Waals surface area (Å²) in [5.41, 5.74) is 1.35. The summed E-state index contributed by atoms with van der Waals surface area (Å²) in [4.78, 5) is 33.8. The Kier molecular flexibility index (Phi) is 9.11. The molecule has 2 heterocycles. The molecule has 2 rings (SSSR count). The van der Waals surface area contributed by atoms with E-state index >= 15 is 0 Å². The topological polar surface area (TPSA) is 78.4 Å². The van der Waals surface area contributed by atoms with E-state index in [2.05, 4.69) is 9.97 Å². The van der Waals surface area contributed by atoms with Crippen LogP contribution < -0.4 is 0 Å². The summed E-state index contributed by atoms with van der Waals surface area (Å²) in [6, 6.07) is 10.9. The molecule has 0 aromatic carbocycles. The first-order valence-corrected chi connectivity index (χ1v) is 9.78. The highest BCUT2D eigenvalue weighted by atomic mass is 16.5. The highest BCUT2D eigenvalue weighted by Gasteiger charge is 2.35. The molecule has 0 amide bonds. The third kappa shape index (κ3) is 6.76. The number of ether oxygens (including phenoxy) is 2. The third-order valence-electron chi connectivity index (χ3n) is 4.47. The first-order valence-electron chi connectivity index (χ1n) is 9.78. The average molecular weight is 384 g/mol. The van der Waals surface area contributed by atoms with Crippen LogP contribution in [0.4, 0.5) is 0 Å². The predicted molar refractivity (Wildman–Crippen MR) is 105 cm³/mol. The lowest BCUT2D eigenvalue weighted by Gasteiger charge is -2.23. The van der Waals surface area contributed by atoms with Crippen molar-refractivity contribution >= 4 is 11.9 Å². The molecule has 0 radical (unpaired) electrons. The second-order valence-corrected chi connectivity index (χ2v) is 6.65. The van der Waals surface area contributed by atoms with E-state index in [1.807, 2.05) is 26.0 Å². The van der Waals surface area contributed by atoms with Crippen LogP contribution in [0.5, 0.6) is 0 Å². The lowest BCUT2D eigenvalue weighted by molar-refractivity contribution is -0.163. The second kappa shape index (κ2) is 11.8. The zero-order valence-electron chi connectivity index (χ0n) is 16.5. The van der Waals surface area contributed by atoms with Gasteiger partial charge < -0.3 is 9.47 Å². The maximum absolute atomic E-state index is 12.7. The number of hydrogen-bond acceptors (Lipinski definition) is 6. The summed E-state index contributed by atoms with van der Waals surface area (Å²) in [6.45, 7) is 4.17. The monoisotopic (exact) mass is 384 g/mol. The largest absolute Gasteiger partial charge is 0.459 e. The number of aromatic nitrogens is 2. The minimum absolute atomic E-state index is 0.0989. The summed E-state index contributed by atoms with van der Waals surface area (Å²) in [5.74, 6) is -1.80. The quantitative estimate of drug-likeness (QED) is 0.543. The molecule has 2 atom stereocenters. The third-order valence-corrected chi connectivity index (χ3v) is 4.47. The van der Waals surface area contributed by atoms with Crippen molar-refractivity contribution in [1.82, 2.24) is 9.97 Å². The van der Waals surface area contributed by atoms with Gasteiger partial charge in [0.25, 0.3) is 0 Å². The van der Waals surface area contributed by atoms with E-state index in [0.717, 1.165) is 12.8 Å². The number of nitrogens with zero attached hydrogens (tertiary/aromatic N) is 2. The van der Waals surface area contributed by atoms with Gasteiger partial charge in [0.05, 0.1) is 23.2 Å². The SMILES string of the molecule is CCC[C@@H](C(=O)OCc1ccccn1)[C@@H](CCC)C(=O)OCc1ccccn1. The Hall–Kier alpha value is -2.76. The molecule has 0 saturated heterocycles. The molecule has 0 N–H and O–H groups in total. The fourth-order valence-electron chi connectivity index (χ4n) is 3.06. The lowest BCUT2D eigenvalue weighted by Crippen LogP contribution is -2.32. The normalized spacial score (nSPS) is 12.8. The van der Waals surface area contributed by atoms with Crippen LogP contribution in [0.3, 0.4) is 0 Å². The van der Waals surface area contributed by atoms with Crippen LogP contribution in [-0.2, 0) is 32.3 Å². The number of rotatable bonds is 11. The molecular formula is C22H28N2O4. The van der Waals surface area contributed by atoms with Crippen molar-refractivity contribution < 1.29 is 19.1 Å². The maximum Gasteiger partial charge on any atom is 0.310 e. The van der Waals surface area contributed by atoms with E-state index in [4.69, 9.17) is 9.47 Å². The van der Waals surface area contributed by atoms with Gasteiger partial charge in [-0.2, -0.15) is 0 Å². The van der Waals surface area contributed by atoms with Crippen molar-refractivity contribution in [2.75, 3.05) is 0 Å². The Labute approximate surface area is 166 Å². The van der Waals surface area contributed by atoms with Crippen molar-refractivity contribution in [3.05, 3.63) is 60.2 Å². The number of hydrogen-bond donors (Lipinski definition) is 0. The van der Waals surface area contributed by atoms with Gasteiger partial charge in [-0.1, -0.05) is 38.8 Å². The first kappa shape index (κ1) is 21.5. The van der Waals surface area contributed by atoms with Crippen molar-refractivity contribution in [2.24, 2.45) is 11.8 Å². The zero-order chi connectivity index (χ0) is 20.2. The van der Waals surface area contributed by atoms with Crippen LogP contribution in [0.2, 0.25) is 0 Å². The number of carbonyl (C=O) groups excluding carboxylic acids is 2. The fourth-order valence-corrected chi connectivity index (χ4v) is 3.06. The molecule has 0 aliphatic rings. The van der Waals surface area contributed by atoms with E-state index in [9.17, 15) is 9.59 Å². The fraction of sp³-hybridized carbons (Fsp3) is 0.455. The summed E-state index contributed by atoms with van der Waals surface area (Å²) in [6.07, 6.45) is 6.01. The molecule has 6 heteroatoms. The first-order chi connectivity index (χ1) is 13.7. The molecule has 0 bridgehead atoms. The Bertz CT molecular complexity index is 658. The van der Waals surface area contributed by atoms with E-state index in [1.165, 1.54) is 0 Å². The summed E-state index contributed by atoms with van der Waals surface area (Å²) < 4.78 is 10.9. The van der Waals surface area contributed by atoms with Crippen LogP contribution in [0, 0.1) is 11.8 Å². The van der Waals surface area contributed by atoms with Crippen LogP contribution >= 0.6 is 0 Å². The van der Waals surface area contributed by atoms with Crippen LogP contribution in [0.25, 0.3) is 0 Å². The van der Waals surface area contributed by atoms with Crippen LogP contribution in [-0.4, -0.2) is 21.9 Å². The van der Waals surface area contributed by atoms with Gasteiger partial charge in [0.2, 0.25) is 0 Å². The molecule has 0 aliphatic carbocycles. The van der Waals surface area contributed by atoms with Gasteiger partial charge in [-0.05, 0) is 37.1 Å². The van der Waals surface area contributed by atoms with Crippen molar-refractivity contribution in [1.29, 1.82) is 0 Å². The molecule has 0 saturated carbocycles. The molecule has 0 unspecified atom stereocenters. The van der Waals surface area contributed by atoms with E-state index in [1.54, 1.807) is 36.7 Å². The van der Waals surface area contributed by atoms with Crippen molar-refractivity contribution in [3.63, 3.8) is 0 Å².